The molecule has 24 heavy (non-hydrogen) atoms. The van der Waals surface area contributed by atoms with Gasteiger partial charge in [0.25, 0.3) is 5.89 Å². The van der Waals surface area contributed by atoms with Crippen LogP contribution in [-0.4, -0.2) is 29.8 Å². The van der Waals surface area contributed by atoms with Crippen molar-refractivity contribution in [2.45, 2.75) is 26.3 Å². The second kappa shape index (κ2) is 5.64. The van der Waals surface area contributed by atoms with E-state index in [1.165, 1.54) is 0 Å². The Kier molecular flexibility index (Phi) is 3.89. The molecule has 0 unspecified atom stereocenters. The molecule has 0 spiro atoms. The molecule has 0 aliphatic carbocycles. The Morgan fingerprint density at radius 2 is 1.96 bits per heavy atom. The van der Waals surface area contributed by atoms with E-state index in [1.807, 2.05) is 31.2 Å². The lowest BCUT2D eigenvalue weighted by Gasteiger charge is -2.20. The first-order valence-electron chi connectivity index (χ1n) is 7.35. The minimum absolute atomic E-state index is 0.257. The highest BCUT2D eigenvalue weighted by atomic mass is 32.2. The van der Waals surface area contributed by atoms with Gasteiger partial charge in [-0.25, -0.2) is 13.1 Å². The summed E-state index contributed by atoms with van der Waals surface area (Å²) in [4.78, 5) is 8.78. The summed E-state index contributed by atoms with van der Waals surface area (Å²) in [6, 6.07) is 7.69. The number of aromatic nitrogens is 3. The molecule has 0 atom stereocenters. The van der Waals surface area contributed by atoms with Crippen LogP contribution in [0.1, 0.15) is 25.2 Å². The third-order valence-corrected chi connectivity index (χ3v) is 4.52. The highest BCUT2D eigenvalue weighted by Gasteiger charge is 2.30. The quantitative estimate of drug-likeness (QED) is 0.779. The van der Waals surface area contributed by atoms with E-state index in [9.17, 15) is 8.42 Å². The van der Waals surface area contributed by atoms with Crippen molar-refractivity contribution >= 4 is 20.9 Å². The minimum atomic E-state index is -3.41. The molecule has 0 fully saturated rings. The standard InChI is InChI=1S/C16H18N4O3S/c1-10-7-8-12(13-11(10)6-5-9-17-13)14-18-15(19-23-14)16(2,3)20-24(4,21)22/h5-9,20H,1-4H3. The zero-order valence-electron chi connectivity index (χ0n) is 13.9. The topological polar surface area (TPSA) is 98.0 Å². The van der Waals surface area contributed by atoms with E-state index >= 15 is 0 Å². The summed E-state index contributed by atoms with van der Waals surface area (Å²) in [6.07, 6.45) is 2.80. The molecule has 0 saturated heterocycles. The minimum Gasteiger partial charge on any atom is -0.334 e. The third-order valence-electron chi connectivity index (χ3n) is 3.64. The molecule has 7 nitrogen and oxygen atoms in total. The van der Waals surface area contributed by atoms with Crippen molar-refractivity contribution in [3.05, 3.63) is 41.9 Å². The van der Waals surface area contributed by atoms with Crippen LogP contribution in [0.25, 0.3) is 22.4 Å². The fourth-order valence-electron chi connectivity index (χ4n) is 2.58. The number of aryl methyl sites for hydroxylation is 1. The Morgan fingerprint density at radius 1 is 1.21 bits per heavy atom. The summed E-state index contributed by atoms with van der Waals surface area (Å²) >= 11 is 0. The molecule has 1 aromatic carbocycles. The zero-order valence-corrected chi connectivity index (χ0v) is 14.7. The molecule has 2 heterocycles. The van der Waals surface area contributed by atoms with E-state index in [-0.39, 0.29) is 5.82 Å². The van der Waals surface area contributed by atoms with E-state index in [4.69, 9.17) is 4.52 Å². The molecule has 0 amide bonds. The Balaban J connectivity index is 2.08. The summed E-state index contributed by atoms with van der Waals surface area (Å²) in [5.41, 5.74) is 1.59. The van der Waals surface area contributed by atoms with Gasteiger partial charge in [-0.1, -0.05) is 17.3 Å². The molecule has 3 aromatic rings. The van der Waals surface area contributed by atoms with Crippen LogP contribution in [0.3, 0.4) is 0 Å². The van der Waals surface area contributed by atoms with Crippen LogP contribution in [0, 0.1) is 6.92 Å². The largest absolute Gasteiger partial charge is 0.334 e. The summed E-state index contributed by atoms with van der Waals surface area (Å²) in [5, 5.41) is 4.94. The smallest absolute Gasteiger partial charge is 0.260 e. The lowest BCUT2D eigenvalue weighted by molar-refractivity contribution is 0.382. The van der Waals surface area contributed by atoms with Crippen molar-refractivity contribution in [1.29, 1.82) is 0 Å². The van der Waals surface area contributed by atoms with Gasteiger partial charge in [-0.05, 0) is 38.5 Å². The maximum Gasteiger partial charge on any atom is 0.260 e. The molecule has 8 heteroatoms. The number of hydrogen-bond donors (Lipinski definition) is 1. The van der Waals surface area contributed by atoms with Crippen LogP contribution in [0.2, 0.25) is 0 Å². The van der Waals surface area contributed by atoms with E-state index in [1.54, 1.807) is 20.0 Å². The van der Waals surface area contributed by atoms with Crippen LogP contribution >= 0.6 is 0 Å². The molecule has 1 N–H and O–H groups in total. The summed E-state index contributed by atoms with van der Waals surface area (Å²) in [6.45, 7) is 5.36. The summed E-state index contributed by atoms with van der Waals surface area (Å²) < 4.78 is 30.9. The van der Waals surface area contributed by atoms with Gasteiger partial charge in [-0.15, -0.1) is 0 Å². The zero-order chi connectivity index (χ0) is 17.5. The SMILES string of the molecule is Cc1ccc(-c2nc(C(C)(C)NS(C)(=O)=O)no2)c2ncccc12. The van der Waals surface area contributed by atoms with Crippen molar-refractivity contribution in [3.8, 4) is 11.5 Å². The maximum atomic E-state index is 11.5. The maximum absolute atomic E-state index is 11.5. The third kappa shape index (κ3) is 3.15. The molecule has 0 radical (unpaired) electrons. The number of nitrogens with zero attached hydrogens (tertiary/aromatic N) is 3. The van der Waals surface area contributed by atoms with Gasteiger partial charge in [0.1, 0.15) is 0 Å². The molecular weight excluding hydrogens is 328 g/mol. The van der Waals surface area contributed by atoms with Crippen LogP contribution in [0.15, 0.2) is 35.0 Å². The lowest BCUT2D eigenvalue weighted by Crippen LogP contribution is -2.41. The number of pyridine rings is 1. The van der Waals surface area contributed by atoms with Crippen molar-refractivity contribution < 1.29 is 12.9 Å². The lowest BCUT2D eigenvalue weighted by atomic mass is 10.0. The van der Waals surface area contributed by atoms with Crippen molar-refractivity contribution in [1.82, 2.24) is 19.8 Å². The van der Waals surface area contributed by atoms with E-state index in [2.05, 4.69) is 19.8 Å². The highest BCUT2D eigenvalue weighted by Crippen LogP contribution is 2.29. The number of sulfonamides is 1. The molecule has 126 valence electrons. The molecule has 0 bridgehead atoms. The van der Waals surface area contributed by atoms with Crippen LogP contribution in [0.5, 0.6) is 0 Å². The Morgan fingerprint density at radius 3 is 2.67 bits per heavy atom. The van der Waals surface area contributed by atoms with Crippen molar-refractivity contribution in [2.75, 3.05) is 6.26 Å². The Bertz CT molecular complexity index is 1010. The summed E-state index contributed by atoms with van der Waals surface area (Å²) in [5.74, 6) is 0.560. The molecule has 0 aliphatic heterocycles. The predicted molar refractivity (Wildman–Crippen MR) is 90.8 cm³/mol. The molecular formula is C16H18N4O3S. The van der Waals surface area contributed by atoms with E-state index < -0.39 is 15.6 Å². The van der Waals surface area contributed by atoms with Gasteiger partial charge in [0.05, 0.1) is 22.9 Å². The fourth-order valence-corrected chi connectivity index (χ4v) is 3.60. The van der Waals surface area contributed by atoms with Gasteiger partial charge in [-0.3, -0.25) is 4.98 Å². The molecule has 0 aliphatic rings. The first kappa shape index (κ1) is 16.5. The fraction of sp³-hybridized carbons (Fsp3) is 0.312. The second-order valence-corrected chi connectivity index (χ2v) is 8.00. The monoisotopic (exact) mass is 346 g/mol. The Hall–Kier alpha value is -2.32. The number of benzene rings is 1. The van der Waals surface area contributed by atoms with E-state index in [0.29, 0.717) is 11.5 Å². The predicted octanol–water partition coefficient (Wildman–Crippen LogP) is 2.38. The van der Waals surface area contributed by atoms with Crippen molar-refractivity contribution in [2.24, 2.45) is 0 Å². The summed E-state index contributed by atoms with van der Waals surface area (Å²) in [7, 11) is -3.41. The number of rotatable bonds is 4. The molecule has 0 saturated carbocycles. The number of nitrogens with one attached hydrogen (secondary N) is 1. The first-order valence-corrected chi connectivity index (χ1v) is 9.24. The first-order chi connectivity index (χ1) is 11.2. The van der Waals surface area contributed by atoms with Gasteiger partial charge >= 0.3 is 0 Å². The number of fused-ring (bicyclic) bond motifs is 1. The Labute approximate surface area is 140 Å². The highest BCUT2D eigenvalue weighted by molar-refractivity contribution is 7.88. The van der Waals surface area contributed by atoms with E-state index in [0.717, 1.165) is 22.7 Å². The van der Waals surface area contributed by atoms with Gasteiger partial charge in [0.2, 0.25) is 10.0 Å². The van der Waals surface area contributed by atoms with Crippen molar-refractivity contribution in [3.63, 3.8) is 0 Å². The average molecular weight is 346 g/mol. The van der Waals surface area contributed by atoms with Gasteiger partial charge in [0, 0.05) is 11.6 Å². The normalized spacial score (nSPS) is 12.7. The van der Waals surface area contributed by atoms with Gasteiger partial charge in [-0.2, -0.15) is 4.98 Å². The van der Waals surface area contributed by atoms with Gasteiger partial charge in [0.15, 0.2) is 5.82 Å². The average Bonchev–Trinajstić information content (AvgIpc) is 2.96. The second-order valence-electron chi connectivity index (χ2n) is 6.25. The molecule has 2 aromatic heterocycles. The van der Waals surface area contributed by atoms with Crippen LogP contribution in [0.4, 0.5) is 0 Å². The van der Waals surface area contributed by atoms with Crippen LogP contribution < -0.4 is 4.72 Å². The number of hydrogen-bond acceptors (Lipinski definition) is 6. The molecule has 3 rings (SSSR count). The van der Waals surface area contributed by atoms with Gasteiger partial charge < -0.3 is 4.52 Å². The van der Waals surface area contributed by atoms with Crippen LogP contribution in [-0.2, 0) is 15.6 Å².